The fraction of sp³-hybridized carbons (Fsp3) is 0. The Morgan fingerprint density at radius 1 is 1.14 bits per heavy atom. The quantitative estimate of drug-likeness (QED) is 0.229. The molecule has 4 rings (SSSR count). The fourth-order valence-corrected chi connectivity index (χ4v) is 4.16. The summed E-state index contributed by atoms with van der Waals surface area (Å²) in [5.41, 5.74) is 1.31. The second-order valence-electron chi connectivity index (χ2n) is 5.94. The fourth-order valence-electron chi connectivity index (χ4n) is 2.68. The van der Waals surface area contributed by atoms with Gasteiger partial charge in [0, 0.05) is 5.02 Å². The second-order valence-corrected chi connectivity index (χ2v) is 8.05. The first-order valence-corrected chi connectivity index (χ1v) is 10.0. The minimum atomic E-state index is -0.598. The van der Waals surface area contributed by atoms with Gasteiger partial charge in [-0.2, -0.15) is 0 Å². The first-order valence-electron chi connectivity index (χ1n) is 8.40. The molecule has 2 aromatic carbocycles. The number of hydrogen-bond acceptors (Lipinski definition) is 6. The van der Waals surface area contributed by atoms with Crippen LogP contribution in [-0.4, -0.2) is 16.2 Å². The zero-order valence-corrected chi connectivity index (χ0v) is 17.1. The Labute approximate surface area is 180 Å². The molecule has 0 N–H and O–H groups in total. The minimum absolute atomic E-state index is 0.109. The highest BCUT2D eigenvalue weighted by atomic mass is 35.5. The molecule has 1 aliphatic rings. The average Bonchev–Trinajstić information content (AvgIpc) is 3.31. The van der Waals surface area contributed by atoms with Crippen molar-refractivity contribution >= 4 is 63.5 Å². The lowest BCUT2D eigenvalue weighted by atomic mass is 10.2. The van der Waals surface area contributed by atoms with Gasteiger partial charge >= 0.3 is 5.97 Å². The first-order chi connectivity index (χ1) is 14.0. The Kier molecular flexibility index (Phi) is 5.53. The summed E-state index contributed by atoms with van der Waals surface area (Å²) in [7, 11) is 0. The molecule has 0 saturated carbocycles. The van der Waals surface area contributed by atoms with Crippen LogP contribution in [0.5, 0.6) is 5.75 Å². The summed E-state index contributed by atoms with van der Waals surface area (Å²) < 4.78 is 10.8. The van der Waals surface area contributed by atoms with Crippen LogP contribution in [0.25, 0.3) is 6.08 Å². The number of halogens is 1. The van der Waals surface area contributed by atoms with Crippen molar-refractivity contribution in [2.75, 3.05) is 4.90 Å². The van der Waals surface area contributed by atoms with E-state index in [1.54, 1.807) is 60.7 Å². The molecule has 1 saturated heterocycles. The van der Waals surface area contributed by atoms with Gasteiger partial charge in [-0.25, -0.2) is 4.79 Å². The summed E-state index contributed by atoms with van der Waals surface area (Å²) in [5, 5.41) is 0.520. The van der Waals surface area contributed by atoms with Gasteiger partial charge in [-0.1, -0.05) is 53.8 Å². The molecule has 29 heavy (non-hydrogen) atoms. The van der Waals surface area contributed by atoms with Crippen molar-refractivity contribution in [1.82, 2.24) is 0 Å². The van der Waals surface area contributed by atoms with E-state index in [0.29, 0.717) is 31.2 Å². The average molecular weight is 442 g/mol. The Hall–Kier alpha value is -2.87. The van der Waals surface area contributed by atoms with Crippen molar-refractivity contribution in [2.45, 2.75) is 0 Å². The van der Waals surface area contributed by atoms with Crippen molar-refractivity contribution in [3.63, 3.8) is 0 Å². The lowest BCUT2D eigenvalue weighted by Crippen LogP contribution is -2.27. The molecule has 0 atom stereocenters. The van der Waals surface area contributed by atoms with Crippen LogP contribution in [0.15, 0.2) is 76.2 Å². The van der Waals surface area contributed by atoms with Crippen molar-refractivity contribution < 1.29 is 18.7 Å². The number of thiocarbonyl (C=S) groups is 1. The van der Waals surface area contributed by atoms with E-state index in [9.17, 15) is 9.59 Å². The lowest BCUT2D eigenvalue weighted by Gasteiger charge is -2.14. The molecule has 1 fully saturated rings. The third-order valence-electron chi connectivity index (χ3n) is 3.95. The highest BCUT2D eigenvalue weighted by molar-refractivity contribution is 8.27. The number of nitrogens with zero attached hydrogens (tertiary/aromatic N) is 1. The van der Waals surface area contributed by atoms with Gasteiger partial charge in [-0.05, 0) is 54.1 Å². The summed E-state index contributed by atoms with van der Waals surface area (Å²) in [5.74, 6) is -0.386. The van der Waals surface area contributed by atoms with Gasteiger partial charge in [0.25, 0.3) is 5.91 Å². The maximum Gasteiger partial charge on any atom is 0.379 e. The van der Waals surface area contributed by atoms with E-state index in [4.69, 9.17) is 33.0 Å². The van der Waals surface area contributed by atoms with Gasteiger partial charge < -0.3 is 9.15 Å². The van der Waals surface area contributed by atoms with E-state index in [-0.39, 0.29) is 11.7 Å². The van der Waals surface area contributed by atoms with Crippen LogP contribution < -0.4 is 9.64 Å². The highest BCUT2D eigenvalue weighted by Gasteiger charge is 2.33. The van der Waals surface area contributed by atoms with Gasteiger partial charge in [0.2, 0.25) is 5.76 Å². The summed E-state index contributed by atoms with van der Waals surface area (Å²) in [6.45, 7) is 0. The number of benzene rings is 2. The van der Waals surface area contributed by atoms with E-state index in [1.807, 2.05) is 0 Å². The van der Waals surface area contributed by atoms with Gasteiger partial charge in [0.15, 0.2) is 4.32 Å². The predicted molar refractivity (Wildman–Crippen MR) is 117 cm³/mol. The maximum absolute atomic E-state index is 12.9. The summed E-state index contributed by atoms with van der Waals surface area (Å²) in [6.07, 6.45) is 3.10. The van der Waals surface area contributed by atoms with Gasteiger partial charge in [0.1, 0.15) is 5.75 Å². The first kappa shape index (κ1) is 19.4. The minimum Gasteiger partial charge on any atom is -0.457 e. The number of amides is 1. The molecule has 3 aromatic rings. The van der Waals surface area contributed by atoms with Crippen LogP contribution in [0.1, 0.15) is 16.1 Å². The van der Waals surface area contributed by atoms with Crippen LogP contribution >= 0.6 is 35.6 Å². The molecule has 8 heteroatoms. The largest absolute Gasteiger partial charge is 0.457 e. The number of hydrogen-bond donors (Lipinski definition) is 0. The molecule has 1 amide bonds. The van der Waals surface area contributed by atoms with E-state index in [1.165, 1.54) is 29.0 Å². The summed E-state index contributed by atoms with van der Waals surface area (Å²) >= 11 is 12.6. The number of anilines is 1. The van der Waals surface area contributed by atoms with Crippen molar-refractivity contribution in [2.24, 2.45) is 0 Å². The molecular weight excluding hydrogens is 430 g/mol. The zero-order valence-electron chi connectivity index (χ0n) is 14.7. The van der Waals surface area contributed by atoms with Gasteiger partial charge in [-0.15, -0.1) is 0 Å². The third-order valence-corrected chi connectivity index (χ3v) is 5.49. The van der Waals surface area contributed by atoms with Crippen molar-refractivity contribution in [1.29, 1.82) is 0 Å². The number of rotatable bonds is 4. The molecule has 1 aromatic heterocycles. The Morgan fingerprint density at radius 3 is 2.72 bits per heavy atom. The standard InChI is InChI=1S/C21H12ClNO4S2/c22-14-5-2-6-15(12-14)23-19(24)18(29-21(23)28)11-13-4-1-7-16(10-13)27-20(25)17-8-3-9-26-17/h1-12H. The maximum atomic E-state index is 12.9. The highest BCUT2D eigenvalue weighted by Crippen LogP contribution is 2.36. The predicted octanol–water partition coefficient (Wildman–Crippen LogP) is 5.56. The van der Waals surface area contributed by atoms with Crippen molar-refractivity contribution in [3.05, 3.63) is 88.2 Å². The Balaban J connectivity index is 1.56. The van der Waals surface area contributed by atoms with E-state index >= 15 is 0 Å². The molecule has 0 unspecified atom stereocenters. The Morgan fingerprint density at radius 2 is 1.97 bits per heavy atom. The van der Waals surface area contributed by atoms with Crippen LogP contribution in [0.4, 0.5) is 5.69 Å². The SMILES string of the molecule is O=C(Oc1cccc(C=C2SC(=S)N(c3cccc(Cl)c3)C2=O)c1)c1ccco1. The number of carbonyl (C=O) groups excluding carboxylic acids is 2. The smallest absolute Gasteiger partial charge is 0.379 e. The van der Waals surface area contributed by atoms with E-state index < -0.39 is 5.97 Å². The van der Waals surface area contributed by atoms with Crippen LogP contribution in [-0.2, 0) is 4.79 Å². The molecule has 0 bridgehead atoms. The third kappa shape index (κ3) is 4.27. The molecule has 0 radical (unpaired) electrons. The van der Waals surface area contributed by atoms with E-state index in [0.717, 1.165) is 0 Å². The number of thioether (sulfide) groups is 1. The Bertz CT molecular complexity index is 1140. The molecule has 1 aliphatic heterocycles. The number of carbonyl (C=O) groups is 2. The summed E-state index contributed by atoms with van der Waals surface area (Å²) in [6, 6.07) is 16.9. The monoisotopic (exact) mass is 441 g/mol. The normalized spacial score (nSPS) is 15.2. The summed E-state index contributed by atoms with van der Waals surface area (Å²) in [4.78, 5) is 26.8. The number of esters is 1. The molecule has 5 nitrogen and oxygen atoms in total. The lowest BCUT2D eigenvalue weighted by molar-refractivity contribution is -0.113. The van der Waals surface area contributed by atoms with E-state index in [2.05, 4.69) is 0 Å². The second kappa shape index (κ2) is 8.24. The zero-order chi connectivity index (χ0) is 20.4. The van der Waals surface area contributed by atoms with Crippen LogP contribution in [0.3, 0.4) is 0 Å². The number of furan rings is 1. The van der Waals surface area contributed by atoms with Gasteiger partial charge in [0.05, 0.1) is 16.9 Å². The molecule has 0 aliphatic carbocycles. The topological polar surface area (TPSA) is 59.8 Å². The molecule has 2 heterocycles. The van der Waals surface area contributed by atoms with Crippen LogP contribution in [0.2, 0.25) is 5.02 Å². The van der Waals surface area contributed by atoms with Crippen LogP contribution in [0, 0.1) is 0 Å². The van der Waals surface area contributed by atoms with Gasteiger partial charge in [-0.3, -0.25) is 9.69 Å². The molecular formula is C21H12ClNO4S2. The number of ether oxygens (including phenoxy) is 1. The molecule has 0 spiro atoms. The molecule has 144 valence electrons. The van der Waals surface area contributed by atoms with Crippen molar-refractivity contribution in [3.8, 4) is 5.75 Å².